The molecule has 7 rings (SSSR count). The molecule has 5 atom stereocenters. The van der Waals surface area contributed by atoms with E-state index in [1.54, 1.807) is 4.90 Å². The molecule has 4 amide bonds. The van der Waals surface area contributed by atoms with E-state index < -0.39 is 62.8 Å². The Morgan fingerprint density at radius 2 is 1.78 bits per heavy atom. The molecule has 4 fully saturated rings. The fourth-order valence-electron chi connectivity index (χ4n) is 8.63. The van der Waals surface area contributed by atoms with Crippen molar-refractivity contribution < 1.29 is 37.1 Å². The fraction of sp³-hybridized carbons (Fsp3) is 0.676. The summed E-state index contributed by atoms with van der Waals surface area (Å²) in [6, 6.07) is 4.64. The molecule has 0 radical (unpaired) electrons. The zero-order valence-corrected chi connectivity index (χ0v) is 30.3. The van der Waals surface area contributed by atoms with Gasteiger partial charge in [0.2, 0.25) is 21.8 Å². The highest BCUT2D eigenvalue weighted by atomic mass is 32.2. The van der Waals surface area contributed by atoms with Gasteiger partial charge in [0.25, 0.3) is 5.91 Å². The Bertz CT molecular complexity index is 1660. The lowest BCUT2D eigenvalue weighted by atomic mass is 9.95. The summed E-state index contributed by atoms with van der Waals surface area (Å²) in [7, 11) is -1.94. The van der Waals surface area contributed by atoms with E-state index in [9.17, 15) is 27.6 Å². The van der Waals surface area contributed by atoms with E-state index in [-0.39, 0.29) is 31.2 Å². The number of nitrogens with one attached hydrogen (secondary N) is 2. The number of likely N-dealkylation sites (N-methyl/N-ethyl adjacent to an activating group) is 1. The number of sulfonamides is 1. The number of amides is 4. The van der Waals surface area contributed by atoms with Gasteiger partial charge in [-0.05, 0) is 81.0 Å². The van der Waals surface area contributed by atoms with Crippen LogP contribution in [0.4, 0.5) is 4.79 Å². The third kappa shape index (κ3) is 7.41. The quantitative estimate of drug-likeness (QED) is 0.404. The lowest BCUT2D eigenvalue weighted by Gasteiger charge is -2.36. The molecule has 2 N–H and O–H groups in total. The van der Waals surface area contributed by atoms with Crippen molar-refractivity contribution in [2.24, 2.45) is 11.8 Å². The first-order valence-corrected chi connectivity index (χ1v) is 20.2. The van der Waals surface area contributed by atoms with Crippen LogP contribution in [0.3, 0.4) is 0 Å². The molecule has 1 aromatic carbocycles. The first-order valence-electron chi connectivity index (χ1n) is 18.6. The van der Waals surface area contributed by atoms with Gasteiger partial charge >= 0.3 is 6.09 Å². The second-order valence-electron chi connectivity index (χ2n) is 15.4. The molecule has 13 nitrogen and oxygen atoms in total. The number of benzene rings is 1. The molecule has 51 heavy (non-hydrogen) atoms. The van der Waals surface area contributed by atoms with Crippen LogP contribution in [0.25, 0.3) is 0 Å². The molecule has 3 saturated carbocycles. The summed E-state index contributed by atoms with van der Waals surface area (Å²) in [5.74, 6) is -1.97. The van der Waals surface area contributed by atoms with E-state index in [0.717, 1.165) is 56.1 Å². The molecule has 4 bridgehead atoms. The van der Waals surface area contributed by atoms with Crippen LogP contribution in [0.15, 0.2) is 30.9 Å². The maximum atomic E-state index is 14.7. The number of ether oxygens (including phenoxy) is 2. The van der Waals surface area contributed by atoms with Crippen molar-refractivity contribution in [1.82, 2.24) is 24.7 Å². The molecule has 3 aliphatic heterocycles. The van der Waals surface area contributed by atoms with Crippen molar-refractivity contribution in [2.45, 2.75) is 113 Å². The normalized spacial score (nSPS) is 31.0. The summed E-state index contributed by atoms with van der Waals surface area (Å²) < 4.78 is 39.7. The number of rotatable bonds is 7. The predicted octanol–water partition coefficient (Wildman–Crippen LogP) is 2.62. The minimum atomic E-state index is -3.86. The summed E-state index contributed by atoms with van der Waals surface area (Å²) in [6.07, 6.45) is 8.08. The van der Waals surface area contributed by atoms with E-state index in [1.807, 2.05) is 24.1 Å². The minimum Gasteiger partial charge on any atom is -0.444 e. The summed E-state index contributed by atoms with van der Waals surface area (Å²) in [4.78, 5) is 61.3. The number of hydrogen-bond donors (Lipinski definition) is 2. The van der Waals surface area contributed by atoms with E-state index in [1.165, 1.54) is 16.5 Å². The van der Waals surface area contributed by atoms with Crippen molar-refractivity contribution in [3.8, 4) is 0 Å². The van der Waals surface area contributed by atoms with Gasteiger partial charge in [0.1, 0.15) is 17.7 Å². The van der Waals surface area contributed by atoms with Crippen molar-refractivity contribution >= 4 is 33.8 Å². The van der Waals surface area contributed by atoms with Crippen LogP contribution in [0.1, 0.15) is 80.9 Å². The molecule has 1 aromatic rings. The van der Waals surface area contributed by atoms with Gasteiger partial charge in [-0.3, -0.25) is 28.9 Å². The Kier molecular flexibility index (Phi) is 10.2. The van der Waals surface area contributed by atoms with Gasteiger partial charge in [0.05, 0.1) is 24.4 Å². The second-order valence-corrected chi connectivity index (χ2v) is 17.3. The number of nitrogens with zero attached hydrogens (tertiary/aromatic N) is 3. The Labute approximate surface area is 300 Å². The van der Waals surface area contributed by atoms with E-state index >= 15 is 0 Å². The third-order valence-corrected chi connectivity index (χ3v) is 13.7. The van der Waals surface area contributed by atoms with Crippen LogP contribution >= 0.6 is 0 Å². The standard InChI is InChI=1S/C37H51N5O8S/c1-3-27-20-37(27,35(45)39-51(47,48)29-14-15-29)38-33(43)31-19-28-22-42(31)34(44)32(25-10-4-5-11-25)40(2)16-18-49-17-7-6-9-24-12-8-13-26-21-41(23-30(24)26)36(46)50-28/h3,8,12-13,25,27-29,31-32H,1,4-7,9-11,14-23H2,2H3,(H,38,43)(H,39,45)/t27-,28-,31+,32+,37-/m1/s1. The van der Waals surface area contributed by atoms with Crippen LogP contribution in [0, 0.1) is 11.8 Å². The molecular weight excluding hydrogens is 675 g/mol. The third-order valence-electron chi connectivity index (χ3n) is 11.9. The van der Waals surface area contributed by atoms with E-state index in [4.69, 9.17) is 9.47 Å². The maximum Gasteiger partial charge on any atom is 0.410 e. The zero-order valence-electron chi connectivity index (χ0n) is 29.5. The average molecular weight is 726 g/mol. The molecule has 0 aromatic heterocycles. The highest BCUT2D eigenvalue weighted by Crippen LogP contribution is 2.45. The highest BCUT2D eigenvalue weighted by molar-refractivity contribution is 7.91. The number of hydrogen-bond acceptors (Lipinski definition) is 9. The Balaban J connectivity index is 1.15. The van der Waals surface area contributed by atoms with Gasteiger partial charge in [0.15, 0.2) is 0 Å². The van der Waals surface area contributed by atoms with Crippen LogP contribution in [-0.2, 0) is 53.4 Å². The second kappa shape index (κ2) is 14.5. The molecule has 0 spiro atoms. The van der Waals surface area contributed by atoms with Gasteiger partial charge < -0.3 is 19.7 Å². The fourth-order valence-corrected chi connectivity index (χ4v) is 9.99. The lowest BCUT2D eigenvalue weighted by Crippen LogP contribution is -2.59. The molecule has 14 heteroatoms. The van der Waals surface area contributed by atoms with Gasteiger partial charge in [-0.2, -0.15) is 0 Å². The summed E-state index contributed by atoms with van der Waals surface area (Å²) in [5, 5.41) is 2.24. The first kappa shape index (κ1) is 35.9. The number of carbonyl (C=O) groups excluding carboxylic acids is 4. The molecule has 3 heterocycles. The molecule has 3 aliphatic carbocycles. The summed E-state index contributed by atoms with van der Waals surface area (Å²) in [5.41, 5.74) is 1.96. The van der Waals surface area contributed by atoms with Crippen LogP contribution in [0.2, 0.25) is 0 Å². The van der Waals surface area contributed by atoms with E-state index in [2.05, 4.69) is 22.7 Å². The summed E-state index contributed by atoms with van der Waals surface area (Å²) >= 11 is 0. The Morgan fingerprint density at radius 1 is 1.02 bits per heavy atom. The minimum absolute atomic E-state index is 0.0302. The van der Waals surface area contributed by atoms with Gasteiger partial charge in [-0.15, -0.1) is 6.58 Å². The Morgan fingerprint density at radius 3 is 2.51 bits per heavy atom. The van der Waals surface area contributed by atoms with Crippen molar-refractivity contribution in [1.29, 1.82) is 0 Å². The Hall–Kier alpha value is -3.49. The molecule has 1 saturated heterocycles. The van der Waals surface area contributed by atoms with Gasteiger partial charge in [0, 0.05) is 38.6 Å². The largest absolute Gasteiger partial charge is 0.444 e. The molecule has 6 aliphatic rings. The van der Waals surface area contributed by atoms with Crippen molar-refractivity contribution in [3.05, 3.63) is 47.5 Å². The summed E-state index contributed by atoms with van der Waals surface area (Å²) in [6.45, 7) is 6.30. The highest BCUT2D eigenvalue weighted by Gasteiger charge is 2.62. The number of fused-ring (bicyclic) bond motifs is 3. The van der Waals surface area contributed by atoms with Crippen LogP contribution in [0.5, 0.6) is 0 Å². The topological polar surface area (TPSA) is 155 Å². The van der Waals surface area contributed by atoms with E-state index in [0.29, 0.717) is 45.7 Å². The van der Waals surface area contributed by atoms with Crippen molar-refractivity contribution in [2.75, 3.05) is 33.4 Å². The van der Waals surface area contributed by atoms with Crippen molar-refractivity contribution in [3.63, 3.8) is 0 Å². The monoisotopic (exact) mass is 725 g/mol. The van der Waals surface area contributed by atoms with Gasteiger partial charge in [-0.25, -0.2) is 13.2 Å². The molecule has 278 valence electrons. The smallest absolute Gasteiger partial charge is 0.410 e. The first-order chi connectivity index (χ1) is 24.5. The number of aryl methyl sites for hydroxylation is 1. The van der Waals surface area contributed by atoms with Crippen LogP contribution in [-0.4, -0.2) is 109 Å². The predicted molar refractivity (Wildman–Crippen MR) is 187 cm³/mol. The SMILES string of the molecule is C=C[C@@H]1C[C@]1(NC(=O)[C@@H]1C[C@@H]2CN1C(=O)[C@H](C1CCCC1)N(C)CCOCCCCc1cccc3c1CN(C3)C(=O)O2)C(=O)NS(=O)(=O)C1CC1. The lowest BCUT2D eigenvalue weighted by molar-refractivity contribution is -0.145. The molecular formula is C37H51N5O8S. The maximum absolute atomic E-state index is 14.7. The number of carbonyl (C=O) groups is 4. The average Bonchev–Trinajstić information content (AvgIpc) is 3.89. The zero-order chi connectivity index (χ0) is 35.9. The van der Waals surface area contributed by atoms with Gasteiger partial charge in [-0.1, -0.05) is 37.1 Å². The molecule has 0 unspecified atom stereocenters. The van der Waals surface area contributed by atoms with Crippen LogP contribution < -0.4 is 10.0 Å².